The highest BCUT2D eigenvalue weighted by Gasteiger charge is 2.31. The first-order valence-corrected chi connectivity index (χ1v) is 6.09. The van der Waals surface area contributed by atoms with E-state index in [1.54, 1.807) is 6.26 Å². The van der Waals surface area contributed by atoms with Crippen LogP contribution in [0.3, 0.4) is 0 Å². The zero-order chi connectivity index (χ0) is 13.4. The Kier molecular flexibility index (Phi) is 7.31. The van der Waals surface area contributed by atoms with Gasteiger partial charge in [-0.2, -0.15) is 11.8 Å². The summed E-state index contributed by atoms with van der Waals surface area (Å²) in [5.41, 5.74) is 0. The molecule has 0 aliphatic carbocycles. The van der Waals surface area contributed by atoms with Gasteiger partial charge in [0.25, 0.3) is 0 Å². The van der Waals surface area contributed by atoms with Crippen LogP contribution in [0.15, 0.2) is 0 Å². The van der Waals surface area contributed by atoms with E-state index < -0.39 is 36.5 Å². The van der Waals surface area contributed by atoms with E-state index in [-0.39, 0.29) is 6.42 Å². The third-order valence-corrected chi connectivity index (χ3v) is 2.53. The van der Waals surface area contributed by atoms with Crippen LogP contribution in [0.2, 0.25) is 0 Å². The van der Waals surface area contributed by atoms with Crippen LogP contribution in [0.1, 0.15) is 6.42 Å². The topological polar surface area (TPSA) is 121 Å². The number of aliphatic carboxylic acids is 2. The quantitative estimate of drug-likeness (QED) is 0.394. The van der Waals surface area contributed by atoms with E-state index in [4.69, 9.17) is 15.3 Å². The van der Waals surface area contributed by atoms with Crippen molar-refractivity contribution in [3.63, 3.8) is 0 Å². The second-order valence-corrected chi connectivity index (χ2v) is 4.10. The van der Waals surface area contributed by atoms with Crippen LogP contribution in [-0.2, 0) is 19.1 Å². The minimum Gasteiger partial charge on any atom is -0.481 e. The number of hydrogen-bond acceptors (Lipinski definition) is 6. The van der Waals surface area contributed by atoms with Crippen molar-refractivity contribution >= 4 is 29.7 Å². The van der Waals surface area contributed by atoms with Gasteiger partial charge in [-0.1, -0.05) is 0 Å². The maximum Gasteiger partial charge on any atom is 0.345 e. The molecule has 8 heteroatoms. The monoisotopic (exact) mass is 266 g/mol. The standard InChI is InChI=1S/C9H14O7S/c1-17-3-2-6(8(13)14)16-9(15)5(4-10)7(11)12/h5-6,10H,2-4H2,1H3,(H,11,12)(H,13,14). The Morgan fingerprint density at radius 3 is 2.18 bits per heavy atom. The fourth-order valence-corrected chi connectivity index (χ4v) is 1.38. The molecule has 3 N–H and O–H groups in total. The largest absolute Gasteiger partial charge is 0.481 e. The van der Waals surface area contributed by atoms with Crippen molar-refractivity contribution in [2.24, 2.45) is 5.92 Å². The number of esters is 1. The maximum atomic E-state index is 11.3. The van der Waals surface area contributed by atoms with Gasteiger partial charge in [0.05, 0.1) is 6.61 Å². The molecule has 0 heterocycles. The third kappa shape index (κ3) is 5.55. The first-order valence-electron chi connectivity index (χ1n) is 4.70. The number of carbonyl (C=O) groups excluding carboxylic acids is 1. The Morgan fingerprint density at radius 1 is 1.24 bits per heavy atom. The van der Waals surface area contributed by atoms with E-state index >= 15 is 0 Å². The number of ether oxygens (including phenoxy) is 1. The summed E-state index contributed by atoms with van der Waals surface area (Å²) in [4.78, 5) is 32.5. The molecule has 0 bridgehead atoms. The Balaban J connectivity index is 4.48. The molecule has 0 aliphatic rings. The Bertz CT molecular complexity index is 291. The number of rotatable bonds is 8. The normalized spacial score (nSPS) is 13.8. The van der Waals surface area contributed by atoms with Gasteiger partial charge < -0.3 is 20.1 Å². The number of carboxylic acid groups (broad SMARTS) is 2. The molecule has 0 amide bonds. The molecule has 2 atom stereocenters. The van der Waals surface area contributed by atoms with Gasteiger partial charge in [0.15, 0.2) is 12.0 Å². The van der Waals surface area contributed by atoms with Crippen molar-refractivity contribution in [1.82, 2.24) is 0 Å². The Labute approximate surface area is 102 Å². The second kappa shape index (κ2) is 7.91. The van der Waals surface area contributed by atoms with E-state index in [9.17, 15) is 14.4 Å². The van der Waals surface area contributed by atoms with Crippen molar-refractivity contribution in [2.75, 3.05) is 18.6 Å². The number of carbonyl (C=O) groups is 3. The number of hydrogen-bond donors (Lipinski definition) is 3. The van der Waals surface area contributed by atoms with Gasteiger partial charge in [0.1, 0.15) is 0 Å². The van der Waals surface area contributed by atoms with Crippen molar-refractivity contribution in [1.29, 1.82) is 0 Å². The summed E-state index contributed by atoms with van der Waals surface area (Å²) in [6.07, 6.45) is 0.456. The molecular formula is C9H14O7S. The molecule has 0 aromatic heterocycles. The van der Waals surface area contributed by atoms with Crippen LogP contribution >= 0.6 is 11.8 Å². The predicted molar refractivity (Wildman–Crippen MR) is 58.7 cm³/mol. The van der Waals surface area contributed by atoms with Crippen molar-refractivity contribution in [2.45, 2.75) is 12.5 Å². The first kappa shape index (κ1) is 15.7. The zero-order valence-corrected chi connectivity index (χ0v) is 9.98. The maximum absolute atomic E-state index is 11.3. The average molecular weight is 266 g/mol. The van der Waals surface area contributed by atoms with Crippen LogP contribution in [0.25, 0.3) is 0 Å². The summed E-state index contributed by atoms with van der Waals surface area (Å²) in [5.74, 6) is -5.41. The summed E-state index contributed by atoms with van der Waals surface area (Å²) in [6, 6.07) is 0. The average Bonchev–Trinajstić information content (AvgIpc) is 2.24. The summed E-state index contributed by atoms with van der Waals surface area (Å²) in [6.45, 7) is -0.928. The van der Waals surface area contributed by atoms with Gasteiger partial charge >= 0.3 is 17.9 Å². The summed E-state index contributed by atoms with van der Waals surface area (Å²) in [7, 11) is 0. The van der Waals surface area contributed by atoms with Gasteiger partial charge in [0, 0.05) is 6.42 Å². The second-order valence-electron chi connectivity index (χ2n) is 3.12. The lowest BCUT2D eigenvalue weighted by molar-refractivity contribution is -0.172. The molecule has 0 aliphatic heterocycles. The molecule has 7 nitrogen and oxygen atoms in total. The first-order chi connectivity index (χ1) is 7.93. The summed E-state index contributed by atoms with van der Waals surface area (Å²) >= 11 is 1.37. The van der Waals surface area contributed by atoms with E-state index in [2.05, 4.69) is 4.74 Å². The molecule has 0 saturated carbocycles. The molecule has 0 aromatic rings. The molecule has 0 radical (unpaired) electrons. The molecule has 0 fully saturated rings. The molecule has 0 saturated heterocycles. The molecule has 17 heavy (non-hydrogen) atoms. The lowest BCUT2D eigenvalue weighted by Crippen LogP contribution is -2.35. The van der Waals surface area contributed by atoms with Gasteiger partial charge in [-0.15, -0.1) is 0 Å². The molecule has 98 valence electrons. The van der Waals surface area contributed by atoms with Crippen molar-refractivity contribution in [3.05, 3.63) is 0 Å². The summed E-state index contributed by atoms with van der Waals surface area (Å²) < 4.78 is 4.54. The Morgan fingerprint density at radius 2 is 1.82 bits per heavy atom. The van der Waals surface area contributed by atoms with E-state index in [1.165, 1.54) is 11.8 Å². The molecule has 0 aromatic carbocycles. The van der Waals surface area contributed by atoms with Gasteiger partial charge in [-0.05, 0) is 12.0 Å². The lowest BCUT2D eigenvalue weighted by atomic mass is 10.1. The number of aliphatic hydroxyl groups is 1. The highest BCUT2D eigenvalue weighted by atomic mass is 32.2. The van der Waals surface area contributed by atoms with Gasteiger partial charge in [-0.3, -0.25) is 9.59 Å². The third-order valence-electron chi connectivity index (χ3n) is 1.88. The number of carboxylic acids is 2. The van der Waals surface area contributed by atoms with Crippen LogP contribution in [0.4, 0.5) is 0 Å². The van der Waals surface area contributed by atoms with Gasteiger partial charge in [0.2, 0.25) is 0 Å². The highest BCUT2D eigenvalue weighted by molar-refractivity contribution is 7.98. The molecule has 2 unspecified atom stereocenters. The highest BCUT2D eigenvalue weighted by Crippen LogP contribution is 2.09. The fourth-order valence-electron chi connectivity index (χ4n) is 0.933. The van der Waals surface area contributed by atoms with E-state index in [0.717, 1.165) is 0 Å². The SMILES string of the molecule is CSCCC(OC(=O)C(CO)C(=O)O)C(=O)O. The molecule has 0 rings (SSSR count). The van der Waals surface area contributed by atoms with Crippen molar-refractivity contribution < 1.29 is 34.4 Å². The van der Waals surface area contributed by atoms with Crippen LogP contribution in [-0.4, -0.2) is 57.9 Å². The van der Waals surface area contributed by atoms with Crippen LogP contribution < -0.4 is 0 Å². The smallest absolute Gasteiger partial charge is 0.345 e. The summed E-state index contributed by atoms with van der Waals surface area (Å²) in [5, 5.41) is 26.0. The van der Waals surface area contributed by atoms with Crippen molar-refractivity contribution in [3.8, 4) is 0 Å². The van der Waals surface area contributed by atoms with E-state index in [1.807, 2.05) is 0 Å². The molecular weight excluding hydrogens is 252 g/mol. The molecule has 0 spiro atoms. The van der Waals surface area contributed by atoms with Gasteiger partial charge in [-0.25, -0.2) is 4.79 Å². The Hall–Kier alpha value is -1.28. The van der Waals surface area contributed by atoms with Crippen LogP contribution in [0.5, 0.6) is 0 Å². The number of aliphatic hydroxyl groups excluding tert-OH is 1. The zero-order valence-electron chi connectivity index (χ0n) is 9.16. The minimum absolute atomic E-state index is 0.0833. The number of thioether (sulfide) groups is 1. The lowest BCUT2D eigenvalue weighted by Gasteiger charge is -2.15. The predicted octanol–water partition coefficient (Wildman–Crippen LogP) is -0.571. The van der Waals surface area contributed by atoms with E-state index in [0.29, 0.717) is 5.75 Å². The fraction of sp³-hybridized carbons (Fsp3) is 0.667. The van der Waals surface area contributed by atoms with Crippen LogP contribution in [0, 0.1) is 5.92 Å². The minimum atomic E-state index is -1.74.